The third kappa shape index (κ3) is 4.71. The van der Waals surface area contributed by atoms with Gasteiger partial charge in [-0.25, -0.2) is 8.42 Å². The molecule has 0 fully saturated rings. The summed E-state index contributed by atoms with van der Waals surface area (Å²) in [6, 6.07) is 4.72. The van der Waals surface area contributed by atoms with E-state index < -0.39 is 15.6 Å². The first kappa shape index (κ1) is 17.5. The maximum Gasteiger partial charge on any atom is 0.245 e. The van der Waals surface area contributed by atoms with Crippen LogP contribution in [0.4, 0.5) is 5.69 Å². The monoisotopic (exact) mass is 313 g/mol. The second-order valence-electron chi connectivity index (χ2n) is 6.10. The maximum atomic E-state index is 12.4. The van der Waals surface area contributed by atoms with Gasteiger partial charge in [-0.3, -0.25) is 4.79 Å². The fourth-order valence-electron chi connectivity index (χ4n) is 1.82. The van der Waals surface area contributed by atoms with Gasteiger partial charge in [0.25, 0.3) is 0 Å². The molecule has 1 aromatic carbocycles. The van der Waals surface area contributed by atoms with E-state index in [9.17, 15) is 13.2 Å². The van der Waals surface area contributed by atoms with Crippen LogP contribution in [0.3, 0.4) is 0 Å². The van der Waals surface area contributed by atoms with Crippen molar-refractivity contribution in [2.24, 2.45) is 0 Å². The van der Waals surface area contributed by atoms with Gasteiger partial charge in [-0.2, -0.15) is 4.31 Å². The number of benzene rings is 1. The molecular weight excluding hydrogens is 290 g/mol. The Bertz CT molecular complexity index is 633. The largest absolute Gasteiger partial charge is 0.398 e. The molecule has 0 saturated carbocycles. The number of nitrogens with two attached hydrogens (primary N) is 1. The van der Waals surface area contributed by atoms with Crippen molar-refractivity contribution >= 4 is 21.6 Å². The van der Waals surface area contributed by atoms with Crippen LogP contribution in [-0.4, -0.2) is 37.8 Å². The van der Waals surface area contributed by atoms with Gasteiger partial charge in [0, 0.05) is 12.6 Å². The zero-order chi connectivity index (χ0) is 16.4. The number of amides is 1. The minimum absolute atomic E-state index is 0.0131. The molecule has 0 radical (unpaired) electrons. The van der Waals surface area contributed by atoms with E-state index in [1.165, 1.54) is 13.1 Å². The number of nitrogen functional groups attached to an aromatic ring is 1. The van der Waals surface area contributed by atoms with Gasteiger partial charge in [0.15, 0.2) is 0 Å². The molecule has 0 heterocycles. The standard InChI is InChI=1S/C14H23N3O3S/c1-10-6-7-12(11(15)8-10)21(19,20)17(5)9-13(18)16-14(2,3)4/h6-8H,9,15H2,1-5H3,(H,16,18). The van der Waals surface area contributed by atoms with Gasteiger partial charge in [-0.1, -0.05) is 6.07 Å². The summed E-state index contributed by atoms with van der Waals surface area (Å²) in [6.07, 6.45) is 0. The maximum absolute atomic E-state index is 12.4. The van der Waals surface area contributed by atoms with Crippen LogP contribution in [-0.2, 0) is 14.8 Å². The molecule has 0 aliphatic carbocycles. The quantitative estimate of drug-likeness (QED) is 0.815. The molecule has 0 bridgehead atoms. The Labute approximate surface area is 126 Å². The molecule has 0 spiro atoms. The normalized spacial score (nSPS) is 12.5. The molecule has 3 N–H and O–H groups in total. The minimum atomic E-state index is -3.79. The number of rotatable bonds is 4. The molecule has 1 amide bonds. The summed E-state index contributed by atoms with van der Waals surface area (Å²) in [5, 5.41) is 2.72. The summed E-state index contributed by atoms with van der Waals surface area (Å²) >= 11 is 0. The van der Waals surface area contributed by atoms with Gasteiger partial charge in [0.1, 0.15) is 4.90 Å². The Balaban J connectivity index is 2.95. The SMILES string of the molecule is Cc1ccc(S(=O)(=O)N(C)CC(=O)NC(C)(C)C)c(N)c1. The lowest BCUT2D eigenvalue weighted by Crippen LogP contribution is -2.46. The number of sulfonamides is 1. The van der Waals surface area contributed by atoms with Crippen LogP contribution in [0.15, 0.2) is 23.1 Å². The van der Waals surface area contributed by atoms with Crippen LogP contribution < -0.4 is 11.1 Å². The lowest BCUT2D eigenvalue weighted by molar-refractivity contribution is -0.122. The number of anilines is 1. The predicted molar refractivity (Wildman–Crippen MR) is 83.3 cm³/mol. The summed E-state index contributed by atoms with van der Waals surface area (Å²) in [4.78, 5) is 11.9. The summed E-state index contributed by atoms with van der Waals surface area (Å²) in [7, 11) is -2.43. The highest BCUT2D eigenvalue weighted by Gasteiger charge is 2.26. The molecule has 0 saturated heterocycles. The molecule has 0 aromatic heterocycles. The summed E-state index contributed by atoms with van der Waals surface area (Å²) < 4.78 is 25.9. The molecule has 7 heteroatoms. The van der Waals surface area contributed by atoms with E-state index in [0.717, 1.165) is 9.87 Å². The van der Waals surface area contributed by atoms with E-state index in [-0.39, 0.29) is 23.0 Å². The van der Waals surface area contributed by atoms with Crippen LogP contribution in [0.5, 0.6) is 0 Å². The number of nitrogens with zero attached hydrogens (tertiary/aromatic N) is 1. The first-order valence-electron chi connectivity index (χ1n) is 6.57. The van der Waals surface area contributed by atoms with Crippen molar-refractivity contribution in [1.29, 1.82) is 0 Å². The third-order valence-corrected chi connectivity index (χ3v) is 4.61. The zero-order valence-corrected chi connectivity index (χ0v) is 13.9. The van der Waals surface area contributed by atoms with Gasteiger partial charge in [-0.15, -0.1) is 0 Å². The Morgan fingerprint density at radius 3 is 2.38 bits per heavy atom. The second-order valence-corrected chi connectivity index (χ2v) is 8.11. The van der Waals surface area contributed by atoms with Gasteiger partial charge in [-0.05, 0) is 45.4 Å². The molecule has 118 valence electrons. The Morgan fingerprint density at radius 2 is 1.90 bits per heavy atom. The van der Waals surface area contributed by atoms with Gasteiger partial charge < -0.3 is 11.1 Å². The van der Waals surface area contributed by atoms with Crippen molar-refractivity contribution in [3.8, 4) is 0 Å². The van der Waals surface area contributed by atoms with E-state index >= 15 is 0 Å². The van der Waals surface area contributed by atoms with Crippen molar-refractivity contribution in [2.75, 3.05) is 19.3 Å². The molecule has 1 aromatic rings. The first-order chi connectivity index (χ1) is 9.43. The van der Waals surface area contributed by atoms with Crippen LogP contribution in [0.2, 0.25) is 0 Å². The van der Waals surface area contributed by atoms with Gasteiger partial charge in [0.05, 0.1) is 12.2 Å². The van der Waals surface area contributed by atoms with Crippen LogP contribution in [0.25, 0.3) is 0 Å². The lowest BCUT2D eigenvalue weighted by Gasteiger charge is -2.23. The third-order valence-electron chi connectivity index (χ3n) is 2.73. The highest BCUT2D eigenvalue weighted by molar-refractivity contribution is 7.89. The molecule has 0 aliphatic heterocycles. The minimum Gasteiger partial charge on any atom is -0.398 e. The molecular formula is C14H23N3O3S. The van der Waals surface area contributed by atoms with E-state index in [4.69, 9.17) is 5.73 Å². The molecule has 21 heavy (non-hydrogen) atoms. The molecule has 0 atom stereocenters. The number of carbonyl (C=O) groups excluding carboxylic acids is 1. The summed E-state index contributed by atoms with van der Waals surface area (Å²) in [5.41, 5.74) is 6.41. The van der Waals surface area contributed by atoms with Crippen molar-refractivity contribution in [3.05, 3.63) is 23.8 Å². The van der Waals surface area contributed by atoms with E-state index in [2.05, 4.69) is 5.32 Å². The number of hydrogen-bond acceptors (Lipinski definition) is 4. The second kappa shape index (κ2) is 6.03. The van der Waals surface area contributed by atoms with Gasteiger partial charge in [0.2, 0.25) is 15.9 Å². The zero-order valence-electron chi connectivity index (χ0n) is 13.1. The van der Waals surface area contributed by atoms with Crippen LogP contribution in [0, 0.1) is 6.92 Å². The molecule has 0 aliphatic rings. The number of nitrogens with one attached hydrogen (secondary N) is 1. The fourth-order valence-corrected chi connectivity index (χ4v) is 3.04. The number of aryl methyl sites for hydroxylation is 1. The van der Waals surface area contributed by atoms with Crippen LogP contribution >= 0.6 is 0 Å². The Morgan fingerprint density at radius 1 is 1.33 bits per heavy atom. The first-order valence-corrected chi connectivity index (χ1v) is 8.01. The molecule has 0 unspecified atom stereocenters. The van der Waals surface area contributed by atoms with E-state index in [1.807, 2.05) is 27.7 Å². The summed E-state index contributed by atoms with van der Waals surface area (Å²) in [5.74, 6) is -0.362. The van der Waals surface area contributed by atoms with Gasteiger partial charge >= 0.3 is 0 Å². The Hall–Kier alpha value is -1.60. The topological polar surface area (TPSA) is 92.5 Å². The number of carbonyl (C=O) groups is 1. The van der Waals surface area contributed by atoms with Crippen molar-refractivity contribution < 1.29 is 13.2 Å². The van der Waals surface area contributed by atoms with Crippen molar-refractivity contribution in [3.63, 3.8) is 0 Å². The predicted octanol–water partition coefficient (Wildman–Crippen LogP) is 1.11. The Kier molecular flexibility index (Phi) is 5.01. The fraction of sp³-hybridized carbons (Fsp3) is 0.500. The lowest BCUT2D eigenvalue weighted by atomic mass is 10.1. The van der Waals surface area contributed by atoms with Crippen molar-refractivity contribution in [2.45, 2.75) is 38.1 Å². The van der Waals surface area contributed by atoms with E-state index in [1.54, 1.807) is 12.1 Å². The van der Waals surface area contributed by atoms with E-state index in [0.29, 0.717) is 0 Å². The number of hydrogen-bond donors (Lipinski definition) is 2. The molecule has 1 rings (SSSR count). The average Bonchev–Trinajstić information content (AvgIpc) is 2.25. The van der Waals surface area contributed by atoms with Crippen molar-refractivity contribution in [1.82, 2.24) is 9.62 Å². The average molecular weight is 313 g/mol. The highest BCUT2D eigenvalue weighted by atomic mass is 32.2. The summed E-state index contributed by atoms with van der Waals surface area (Å²) in [6.45, 7) is 7.06. The molecule has 6 nitrogen and oxygen atoms in total. The number of likely N-dealkylation sites (N-methyl/N-ethyl adjacent to an activating group) is 1. The highest BCUT2D eigenvalue weighted by Crippen LogP contribution is 2.22. The van der Waals surface area contributed by atoms with Crippen LogP contribution in [0.1, 0.15) is 26.3 Å². The smallest absolute Gasteiger partial charge is 0.245 e.